The molecular weight excluding hydrogens is 294 g/mol. The Morgan fingerprint density at radius 2 is 1.65 bits per heavy atom. The maximum Gasteiger partial charge on any atom is 0.326 e. The third-order valence-electron chi connectivity index (χ3n) is 3.41. The number of aliphatic carboxylic acids is 1. The average molecular weight is 313 g/mol. The highest BCUT2D eigenvalue weighted by Gasteiger charge is 2.20. The van der Waals surface area contributed by atoms with Crippen molar-refractivity contribution < 1.29 is 19.4 Å². The molecule has 1 atom stereocenters. The molecule has 2 aromatic carbocycles. The van der Waals surface area contributed by atoms with Crippen molar-refractivity contribution in [2.45, 2.75) is 12.5 Å². The highest BCUT2D eigenvalue weighted by molar-refractivity contribution is 5.84. The number of carboxylic acids is 1. The summed E-state index contributed by atoms with van der Waals surface area (Å²) < 4.78 is 4.69. The molecule has 1 amide bonds. The van der Waals surface area contributed by atoms with Crippen LogP contribution in [0.25, 0.3) is 11.1 Å². The highest BCUT2D eigenvalue weighted by atomic mass is 16.5. The number of rotatable bonds is 7. The van der Waals surface area contributed by atoms with E-state index in [9.17, 15) is 14.7 Å². The molecule has 2 aromatic rings. The Kier molecular flexibility index (Phi) is 5.88. The first-order valence-electron chi connectivity index (χ1n) is 7.25. The number of amides is 1. The zero-order valence-electron chi connectivity index (χ0n) is 12.9. The van der Waals surface area contributed by atoms with Gasteiger partial charge in [0.1, 0.15) is 12.6 Å². The van der Waals surface area contributed by atoms with E-state index in [0.29, 0.717) is 0 Å². The van der Waals surface area contributed by atoms with Gasteiger partial charge < -0.3 is 15.2 Å². The summed E-state index contributed by atoms with van der Waals surface area (Å²) in [4.78, 5) is 22.8. The van der Waals surface area contributed by atoms with E-state index in [4.69, 9.17) is 4.74 Å². The summed E-state index contributed by atoms with van der Waals surface area (Å²) in [5.41, 5.74) is 3.00. The van der Waals surface area contributed by atoms with E-state index in [1.54, 1.807) is 0 Å². The van der Waals surface area contributed by atoms with Crippen LogP contribution >= 0.6 is 0 Å². The monoisotopic (exact) mass is 313 g/mol. The van der Waals surface area contributed by atoms with Crippen molar-refractivity contribution in [2.75, 3.05) is 13.7 Å². The molecule has 23 heavy (non-hydrogen) atoms. The van der Waals surface area contributed by atoms with Gasteiger partial charge in [-0.1, -0.05) is 54.6 Å². The van der Waals surface area contributed by atoms with Crippen LogP contribution < -0.4 is 5.32 Å². The summed E-state index contributed by atoms with van der Waals surface area (Å²) in [6.45, 7) is -0.156. The van der Waals surface area contributed by atoms with E-state index in [1.807, 2.05) is 54.6 Å². The fourth-order valence-electron chi connectivity index (χ4n) is 2.27. The third kappa shape index (κ3) is 4.93. The molecule has 0 aliphatic rings. The summed E-state index contributed by atoms with van der Waals surface area (Å²) in [5, 5.41) is 11.7. The standard InChI is InChI=1S/C18H19NO4/c1-23-12-17(20)19-16(18(21)22)11-13-7-9-15(10-8-13)14-5-3-2-4-6-14/h2-10,16H,11-12H2,1H3,(H,19,20)(H,21,22)/t16-/m0/s1. The second-order valence-corrected chi connectivity index (χ2v) is 5.16. The van der Waals surface area contributed by atoms with Crippen molar-refractivity contribution >= 4 is 11.9 Å². The van der Waals surface area contributed by atoms with Gasteiger partial charge in [-0.05, 0) is 16.7 Å². The molecule has 2 rings (SSSR count). The van der Waals surface area contributed by atoms with Crippen molar-refractivity contribution in [1.82, 2.24) is 5.32 Å². The maximum atomic E-state index is 11.5. The fraction of sp³-hybridized carbons (Fsp3) is 0.222. The van der Waals surface area contributed by atoms with Crippen molar-refractivity contribution in [3.8, 4) is 11.1 Å². The van der Waals surface area contributed by atoms with Gasteiger partial charge in [-0.15, -0.1) is 0 Å². The molecular formula is C18H19NO4. The lowest BCUT2D eigenvalue weighted by atomic mass is 10.0. The molecule has 0 spiro atoms. The first-order valence-corrected chi connectivity index (χ1v) is 7.25. The van der Waals surface area contributed by atoms with Crippen LogP contribution in [-0.2, 0) is 20.7 Å². The summed E-state index contributed by atoms with van der Waals surface area (Å²) >= 11 is 0. The Hall–Kier alpha value is -2.66. The van der Waals surface area contributed by atoms with Crippen LogP contribution in [0.3, 0.4) is 0 Å². The molecule has 0 aliphatic carbocycles. The summed E-state index contributed by atoms with van der Waals surface area (Å²) in [5.74, 6) is -1.51. The number of carbonyl (C=O) groups is 2. The normalized spacial score (nSPS) is 11.7. The molecule has 5 nitrogen and oxygen atoms in total. The topological polar surface area (TPSA) is 75.6 Å². The highest BCUT2D eigenvalue weighted by Crippen LogP contribution is 2.19. The van der Waals surface area contributed by atoms with Gasteiger partial charge in [0.2, 0.25) is 5.91 Å². The Balaban J connectivity index is 2.06. The molecule has 0 heterocycles. The SMILES string of the molecule is COCC(=O)N[C@@H](Cc1ccc(-c2ccccc2)cc1)C(=O)O. The van der Waals surface area contributed by atoms with Crippen LogP contribution in [0.4, 0.5) is 0 Å². The predicted molar refractivity (Wildman–Crippen MR) is 87.0 cm³/mol. The van der Waals surface area contributed by atoms with Crippen LogP contribution in [0.5, 0.6) is 0 Å². The molecule has 0 bridgehead atoms. The molecule has 0 saturated heterocycles. The van der Waals surface area contributed by atoms with Gasteiger partial charge in [-0.2, -0.15) is 0 Å². The van der Waals surface area contributed by atoms with E-state index in [2.05, 4.69) is 5.32 Å². The Labute approximate surface area is 134 Å². The lowest BCUT2D eigenvalue weighted by molar-refractivity contribution is -0.142. The molecule has 0 radical (unpaired) electrons. The number of carbonyl (C=O) groups excluding carboxylic acids is 1. The van der Waals surface area contributed by atoms with Crippen LogP contribution in [0, 0.1) is 0 Å². The summed E-state index contributed by atoms with van der Waals surface area (Å²) in [7, 11) is 1.39. The molecule has 120 valence electrons. The second kappa shape index (κ2) is 8.10. The van der Waals surface area contributed by atoms with Gasteiger partial charge in [-0.25, -0.2) is 4.79 Å². The third-order valence-corrected chi connectivity index (χ3v) is 3.41. The van der Waals surface area contributed by atoms with Gasteiger partial charge in [0.05, 0.1) is 0 Å². The van der Waals surface area contributed by atoms with E-state index in [0.717, 1.165) is 16.7 Å². The van der Waals surface area contributed by atoms with Crippen LogP contribution in [0.1, 0.15) is 5.56 Å². The van der Waals surface area contributed by atoms with Gasteiger partial charge in [0, 0.05) is 13.5 Å². The number of methoxy groups -OCH3 is 1. The Bertz CT molecular complexity index is 652. The molecule has 0 aliphatic heterocycles. The molecule has 0 fully saturated rings. The van der Waals surface area contributed by atoms with Crippen LogP contribution in [0.2, 0.25) is 0 Å². The summed E-state index contributed by atoms with van der Waals surface area (Å²) in [6, 6.07) is 16.6. The Morgan fingerprint density at radius 1 is 1.04 bits per heavy atom. The van der Waals surface area contributed by atoms with Crippen molar-refractivity contribution in [1.29, 1.82) is 0 Å². The van der Waals surface area contributed by atoms with Gasteiger partial charge in [0.25, 0.3) is 0 Å². The van der Waals surface area contributed by atoms with E-state index in [1.165, 1.54) is 7.11 Å². The van der Waals surface area contributed by atoms with Gasteiger partial charge in [-0.3, -0.25) is 4.79 Å². The van der Waals surface area contributed by atoms with E-state index < -0.39 is 17.9 Å². The first kappa shape index (κ1) is 16.7. The first-order chi connectivity index (χ1) is 11.1. The molecule has 0 unspecified atom stereocenters. The number of ether oxygens (including phenoxy) is 1. The maximum absolute atomic E-state index is 11.5. The smallest absolute Gasteiger partial charge is 0.326 e. The predicted octanol–water partition coefficient (Wildman–Crippen LogP) is 2.11. The zero-order chi connectivity index (χ0) is 16.7. The van der Waals surface area contributed by atoms with Crippen molar-refractivity contribution in [3.63, 3.8) is 0 Å². The van der Waals surface area contributed by atoms with Crippen LogP contribution in [-0.4, -0.2) is 36.7 Å². The number of hydrogen-bond donors (Lipinski definition) is 2. The molecule has 5 heteroatoms. The molecule has 0 saturated carbocycles. The summed E-state index contributed by atoms with van der Waals surface area (Å²) in [6.07, 6.45) is 0.222. The minimum Gasteiger partial charge on any atom is -0.480 e. The van der Waals surface area contributed by atoms with Crippen molar-refractivity contribution in [2.24, 2.45) is 0 Å². The number of carboxylic acid groups (broad SMARTS) is 1. The minimum atomic E-state index is -1.07. The number of benzene rings is 2. The van der Waals surface area contributed by atoms with Gasteiger partial charge >= 0.3 is 5.97 Å². The average Bonchev–Trinajstić information content (AvgIpc) is 2.56. The number of nitrogens with one attached hydrogen (secondary N) is 1. The lowest BCUT2D eigenvalue weighted by Crippen LogP contribution is -2.43. The largest absolute Gasteiger partial charge is 0.480 e. The van der Waals surface area contributed by atoms with E-state index >= 15 is 0 Å². The lowest BCUT2D eigenvalue weighted by Gasteiger charge is -2.14. The second-order valence-electron chi connectivity index (χ2n) is 5.16. The molecule has 0 aromatic heterocycles. The Morgan fingerprint density at radius 3 is 2.22 bits per heavy atom. The van der Waals surface area contributed by atoms with E-state index in [-0.39, 0.29) is 13.0 Å². The zero-order valence-corrected chi connectivity index (χ0v) is 12.9. The fourth-order valence-corrected chi connectivity index (χ4v) is 2.27. The quantitative estimate of drug-likeness (QED) is 0.821. The molecule has 2 N–H and O–H groups in total. The van der Waals surface area contributed by atoms with Crippen molar-refractivity contribution in [3.05, 3.63) is 60.2 Å². The minimum absolute atomic E-state index is 0.156. The van der Waals surface area contributed by atoms with Crippen LogP contribution in [0.15, 0.2) is 54.6 Å². The number of hydrogen-bond acceptors (Lipinski definition) is 3. The van der Waals surface area contributed by atoms with Gasteiger partial charge in [0.15, 0.2) is 0 Å².